The Bertz CT molecular complexity index is 2110. The Hall–Kier alpha value is -5.80. The Morgan fingerprint density at radius 1 is 0.793 bits per heavy atom. The molecule has 0 unspecified atom stereocenters. The van der Waals surface area contributed by atoms with Gasteiger partial charge in [0.1, 0.15) is 29.4 Å². The first-order valence-electron chi connectivity index (χ1n) is 20.3. The van der Waals surface area contributed by atoms with Crippen molar-refractivity contribution >= 4 is 35.4 Å². The summed E-state index contributed by atoms with van der Waals surface area (Å²) in [7, 11) is 2.59. The molecule has 16 nitrogen and oxygen atoms in total. The molecule has 2 fully saturated rings. The number of fused-ring (bicyclic) bond motifs is 2. The van der Waals surface area contributed by atoms with Gasteiger partial charge in [-0.15, -0.1) is 0 Å². The fourth-order valence-corrected chi connectivity index (χ4v) is 8.31. The van der Waals surface area contributed by atoms with Crippen LogP contribution in [0.15, 0.2) is 46.6 Å². The zero-order valence-electron chi connectivity index (χ0n) is 34.0. The number of carbonyl (C=O) groups excluding carboxylic acids is 4. The van der Waals surface area contributed by atoms with Crippen LogP contribution in [-0.4, -0.2) is 106 Å². The molecule has 4 aliphatic heterocycles. The van der Waals surface area contributed by atoms with Gasteiger partial charge in [-0.25, -0.2) is 14.6 Å². The number of aromatic amines is 1. The molecule has 0 radical (unpaired) electrons. The summed E-state index contributed by atoms with van der Waals surface area (Å²) in [5, 5.41) is 22.2. The lowest BCUT2D eigenvalue weighted by molar-refractivity contribution is -0.136. The van der Waals surface area contributed by atoms with Gasteiger partial charge < -0.3 is 34.6 Å². The van der Waals surface area contributed by atoms with Gasteiger partial charge in [0.2, 0.25) is 11.8 Å². The average molecular weight is 796 g/mol. The van der Waals surface area contributed by atoms with Crippen molar-refractivity contribution in [3.63, 3.8) is 0 Å². The largest absolute Gasteiger partial charge is 0.457 e. The van der Waals surface area contributed by atoms with Crippen molar-refractivity contribution in [2.24, 2.45) is 22.0 Å². The Morgan fingerprint density at radius 2 is 1.41 bits per heavy atom. The predicted molar refractivity (Wildman–Crippen MR) is 216 cm³/mol. The van der Waals surface area contributed by atoms with Crippen LogP contribution in [-0.2, 0) is 25.5 Å². The molecule has 0 spiro atoms. The van der Waals surface area contributed by atoms with Gasteiger partial charge in [0, 0.05) is 42.6 Å². The number of carbonyl (C=O) groups is 4. The topological polar surface area (TPSA) is 193 Å². The first-order chi connectivity index (χ1) is 28.0. The minimum atomic E-state index is -0.705. The molecule has 308 valence electrons. The monoisotopic (exact) mass is 795 g/mol. The number of hydrogen-bond acceptors (Lipinski definition) is 11. The van der Waals surface area contributed by atoms with Crippen LogP contribution in [0.3, 0.4) is 0 Å². The van der Waals surface area contributed by atoms with Gasteiger partial charge in [0.05, 0.1) is 37.7 Å². The van der Waals surface area contributed by atoms with Gasteiger partial charge in [0.25, 0.3) is 0 Å². The summed E-state index contributed by atoms with van der Waals surface area (Å²) in [5.74, 6) is 2.20. The molecule has 6 atom stereocenters. The van der Waals surface area contributed by atoms with E-state index in [-0.39, 0.29) is 35.7 Å². The first kappa shape index (κ1) is 40.4. The third-order valence-electron chi connectivity index (χ3n) is 12.1. The maximum absolute atomic E-state index is 13.8. The maximum Gasteiger partial charge on any atom is 0.407 e. The number of aromatic nitrogens is 3. The number of likely N-dealkylation sites (tertiary alicyclic amines) is 2. The van der Waals surface area contributed by atoms with Crippen molar-refractivity contribution in [1.29, 1.82) is 0 Å². The highest BCUT2D eigenvalue weighted by Crippen LogP contribution is 2.40. The number of benzene rings is 2. The normalized spacial score (nSPS) is 20.4. The van der Waals surface area contributed by atoms with Crippen LogP contribution in [0, 0.1) is 11.8 Å². The second kappa shape index (κ2) is 17.4. The molecular formula is C42H53N9O7. The molecule has 58 heavy (non-hydrogen) atoms. The van der Waals surface area contributed by atoms with Crippen LogP contribution in [0.2, 0.25) is 0 Å². The Labute approximate surface area is 338 Å². The van der Waals surface area contributed by atoms with E-state index in [4.69, 9.17) is 19.2 Å². The SMILES string of the molecule is CC[C@H](C)[C@H](NC(=O)OC)C(=O)N1CCC[C@H]1C1=NN=C(c2ccc3c(c2)Oc2ccc(-c4n[nH]c([C@@H]5CCCN5C(=O)[C@@H](NC(=O)OC)[C@@H](C)CC)n4)cc2C3)C1. The molecule has 3 N–H and O–H groups in total. The number of hydrogen-bond donors (Lipinski definition) is 3. The summed E-state index contributed by atoms with van der Waals surface area (Å²) in [4.78, 5) is 60.2. The molecule has 3 aromatic rings. The van der Waals surface area contributed by atoms with Gasteiger partial charge in [-0.2, -0.15) is 15.3 Å². The highest BCUT2D eigenvalue weighted by molar-refractivity contribution is 6.17. The summed E-state index contributed by atoms with van der Waals surface area (Å²) in [6, 6.07) is 10.1. The lowest BCUT2D eigenvalue weighted by Gasteiger charge is -2.31. The molecule has 1 aromatic heterocycles. The summed E-state index contributed by atoms with van der Waals surface area (Å²) >= 11 is 0. The average Bonchev–Trinajstić information content (AvgIpc) is 4.09. The molecule has 2 saturated heterocycles. The van der Waals surface area contributed by atoms with Crippen molar-refractivity contribution in [3.8, 4) is 22.9 Å². The molecule has 7 rings (SSSR count). The second-order valence-electron chi connectivity index (χ2n) is 15.7. The molecule has 0 saturated carbocycles. The van der Waals surface area contributed by atoms with E-state index in [1.165, 1.54) is 14.2 Å². The van der Waals surface area contributed by atoms with E-state index >= 15 is 0 Å². The Kier molecular flexibility index (Phi) is 12.1. The van der Waals surface area contributed by atoms with Gasteiger partial charge in [0.15, 0.2) is 5.82 Å². The van der Waals surface area contributed by atoms with E-state index in [0.29, 0.717) is 44.0 Å². The minimum absolute atomic E-state index is 0.0634. The van der Waals surface area contributed by atoms with Crippen molar-refractivity contribution in [1.82, 2.24) is 35.6 Å². The summed E-state index contributed by atoms with van der Waals surface area (Å²) in [5.41, 5.74) is 5.41. The highest BCUT2D eigenvalue weighted by atomic mass is 16.5. The van der Waals surface area contributed by atoms with Crippen molar-refractivity contribution in [3.05, 3.63) is 58.9 Å². The molecule has 4 amide bonds. The lowest BCUT2D eigenvalue weighted by Crippen LogP contribution is -2.54. The molecule has 0 bridgehead atoms. The van der Waals surface area contributed by atoms with Crippen LogP contribution >= 0.6 is 0 Å². The molecule has 2 aromatic carbocycles. The third-order valence-corrected chi connectivity index (χ3v) is 12.1. The van der Waals surface area contributed by atoms with Gasteiger partial charge >= 0.3 is 12.2 Å². The van der Waals surface area contributed by atoms with Gasteiger partial charge in [-0.05, 0) is 67.3 Å². The number of alkyl carbamates (subject to hydrolysis) is 2. The number of amides is 4. The van der Waals surface area contributed by atoms with Gasteiger partial charge in [-0.3, -0.25) is 14.7 Å². The minimum Gasteiger partial charge on any atom is -0.457 e. The smallest absolute Gasteiger partial charge is 0.407 e. The number of ether oxygens (including phenoxy) is 3. The lowest BCUT2D eigenvalue weighted by atomic mass is 9.94. The number of nitrogens with zero attached hydrogens (tertiary/aromatic N) is 6. The van der Waals surface area contributed by atoms with E-state index in [2.05, 4.69) is 37.1 Å². The molecular weight excluding hydrogens is 743 g/mol. The summed E-state index contributed by atoms with van der Waals surface area (Å²) < 4.78 is 16.0. The van der Waals surface area contributed by atoms with Crippen LogP contribution in [0.1, 0.15) is 101 Å². The number of H-pyrrole nitrogens is 1. The van der Waals surface area contributed by atoms with E-state index < -0.39 is 24.3 Å². The van der Waals surface area contributed by atoms with Crippen LogP contribution in [0.5, 0.6) is 11.5 Å². The van der Waals surface area contributed by atoms with E-state index in [0.717, 1.165) is 77.3 Å². The van der Waals surface area contributed by atoms with Crippen molar-refractivity contribution in [2.75, 3.05) is 27.3 Å². The van der Waals surface area contributed by atoms with Crippen molar-refractivity contribution < 1.29 is 33.4 Å². The zero-order chi connectivity index (χ0) is 41.1. The van der Waals surface area contributed by atoms with E-state index in [1.54, 1.807) is 4.90 Å². The fraction of sp³-hybridized carbons (Fsp3) is 0.524. The highest BCUT2D eigenvalue weighted by Gasteiger charge is 2.40. The number of nitrogens with one attached hydrogen (secondary N) is 3. The molecule has 16 heteroatoms. The second-order valence-corrected chi connectivity index (χ2v) is 15.7. The summed E-state index contributed by atoms with van der Waals surface area (Å²) in [6.07, 6.45) is 4.53. The van der Waals surface area contributed by atoms with Crippen molar-refractivity contribution in [2.45, 2.75) is 103 Å². The third kappa shape index (κ3) is 8.14. The predicted octanol–water partition coefficient (Wildman–Crippen LogP) is 5.91. The fourth-order valence-electron chi connectivity index (χ4n) is 8.31. The standard InChI is InChI=1S/C42H53N9O7/c1-7-23(3)35(43-41(54)56-5)39(52)50-17-9-11-31(50)30-22-29(46-47-30)25-13-14-26-19-28-20-27(15-16-33(28)58-34(26)21-25)37-45-38(49-48-37)32-12-10-18-51(32)40(53)36(24(4)8-2)44-42(55)57-6/h13-16,20-21,23-24,31-32,35-36H,7-12,17-19,22H2,1-6H3,(H,43,54)(H,44,55)(H,45,48,49)/t23-,24-,31-,32-,35-,36-/m0/s1. The molecule has 4 aliphatic rings. The maximum atomic E-state index is 13.8. The molecule has 5 heterocycles. The zero-order valence-corrected chi connectivity index (χ0v) is 34.0. The van der Waals surface area contributed by atoms with Crippen LogP contribution in [0.25, 0.3) is 11.4 Å². The number of rotatable bonds is 12. The Morgan fingerprint density at radius 3 is 2.05 bits per heavy atom. The molecule has 0 aliphatic carbocycles. The summed E-state index contributed by atoms with van der Waals surface area (Å²) in [6.45, 7) is 9.03. The number of methoxy groups -OCH3 is 2. The Balaban J connectivity index is 1.00. The first-order valence-corrected chi connectivity index (χ1v) is 20.3. The van der Waals surface area contributed by atoms with Crippen LogP contribution in [0.4, 0.5) is 9.59 Å². The van der Waals surface area contributed by atoms with E-state index in [1.807, 2.05) is 62.9 Å². The van der Waals surface area contributed by atoms with Crippen LogP contribution < -0.4 is 15.4 Å². The van der Waals surface area contributed by atoms with Gasteiger partial charge in [-0.1, -0.05) is 52.7 Å². The van der Waals surface area contributed by atoms with E-state index in [9.17, 15) is 19.2 Å². The quantitative estimate of drug-likeness (QED) is 0.156.